The molecule has 2 heterocycles. The fourth-order valence-corrected chi connectivity index (χ4v) is 1.63. The Balaban J connectivity index is 2.12. The molecule has 6 heteroatoms. The summed E-state index contributed by atoms with van der Waals surface area (Å²) in [6.07, 6.45) is 2.07. The Hall–Kier alpha value is -1.95. The molecule has 2 rings (SSSR count). The second-order valence-corrected chi connectivity index (χ2v) is 3.60. The van der Waals surface area contributed by atoms with Crippen molar-refractivity contribution in [2.24, 2.45) is 0 Å². The van der Waals surface area contributed by atoms with Crippen molar-refractivity contribution in [3.63, 3.8) is 0 Å². The van der Waals surface area contributed by atoms with Crippen molar-refractivity contribution in [1.82, 2.24) is 9.88 Å². The molecule has 1 aliphatic rings. The van der Waals surface area contributed by atoms with Gasteiger partial charge in [0, 0.05) is 25.0 Å². The van der Waals surface area contributed by atoms with E-state index in [-0.39, 0.29) is 5.91 Å². The molecule has 0 aliphatic carbocycles. The maximum absolute atomic E-state index is 12.0. The molecule has 0 atom stereocenters. The molecule has 0 unspecified atom stereocenters. The minimum absolute atomic E-state index is 0.136. The second kappa shape index (κ2) is 5.40. The van der Waals surface area contributed by atoms with Gasteiger partial charge in [-0.1, -0.05) is 0 Å². The number of rotatable bonds is 3. The number of nitrogens with one attached hydrogen (secondary N) is 1. The summed E-state index contributed by atoms with van der Waals surface area (Å²) in [4.78, 5) is 28.1. The van der Waals surface area contributed by atoms with Crippen LogP contribution in [-0.2, 0) is 9.53 Å². The van der Waals surface area contributed by atoms with Gasteiger partial charge >= 0.3 is 0 Å². The Bertz CT molecular complexity index is 416. The van der Waals surface area contributed by atoms with E-state index in [4.69, 9.17) is 4.74 Å². The first-order valence-electron chi connectivity index (χ1n) is 5.34. The van der Waals surface area contributed by atoms with E-state index in [1.165, 1.54) is 6.20 Å². The summed E-state index contributed by atoms with van der Waals surface area (Å²) in [5, 5.41) is 2.49. The van der Waals surface area contributed by atoms with Crippen molar-refractivity contribution >= 4 is 18.0 Å². The molecule has 1 aromatic heterocycles. The zero-order chi connectivity index (χ0) is 12.1. The van der Waals surface area contributed by atoms with Crippen LogP contribution in [0, 0.1) is 0 Å². The summed E-state index contributed by atoms with van der Waals surface area (Å²) in [7, 11) is 0. The van der Waals surface area contributed by atoms with Crippen LogP contribution in [0.25, 0.3) is 0 Å². The molecule has 17 heavy (non-hydrogen) atoms. The van der Waals surface area contributed by atoms with Crippen molar-refractivity contribution in [2.75, 3.05) is 31.6 Å². The third kappa shape index (κ3) is 2.79. The standard InChI is InChI=1S/C11H13N3O3/c15-8-13-9-1-2-12-10(7-9)11(16)14-3-5-17-6-4-14/h1-2,7-8H,3-6H2,(H,12,13,15). The van der Waals surface area contributed by atoms with Crippen LogP contribution in [0.4, 0.5) is 5.69 Å². The van der Waals surface area contributed by atoms with Crippen molar-refractivity contribution in [1.29, 1.82) is 0 Å². The van der Waals surface area contributed by atoms with Crippen LogP contribution >= 0.6 is 0 Å². The van der Waals surface area contributed by atoms with Gasteiger partial charge in [0.15, 0.2) is 0 Å². The Morgan fingerprint density at radius 1 is 1.47 bits per heavy atom. The Morgan fingerprint density at radius 3 is 2.94 bits per heavy atom. The van der Waals surface area contributed by atoms with Crippen LogP contribution in [-0.4, -0.2) is 48.5 Å². The van der Waals surface area contributed by atoms with E-state index >= 15 is 0 Å². The normalized spacial score (nSPS) is 15.4. The summed E-state index contributed by atoms with van der Waals surface area (Å²) in [5.74, 6) is -0.136. The fraction of sp³-hybridized carbons (Fsp3) is 0.364. The van der Waals surface area contributed by atoms with E-state index < -0.39 is 0 Å². The lowest BCUT2D eigenvalue weighted by molar-refractivity contribution is -0.105. The highest BCUT2D eigenvalue weighted by molar-refractivity contribution is 5.93. The van der Waals surface area contributed by atoms with Gasteiger partial charge in [-0.05, 0) is 12.1 Å². The molecule has 0 spiro atoms. The molecule has 1 N–H and O–H groups in total. The van der Waals surface area contributed by atoms with Crippen molar-refractivity contribution in [2.45, 2.75) is 0 Å². The lowest BCUT2D eigenvalue weighted by Gasteiger charge is -2.26. The zero-order valence-electron chi connectivity index (χ0n) is 9.26. The molecule has 1 fully saturated rings. The number of hydrogen-bond acceptors (Lipinski definition) is 4. The SMILES string of the molecule is O=CNc1ccnc(C(=O)N2CCOCC2)c1. The number of aromatic nitrogens is 1. The number of amides is 2. The van der Waals surface area contributed by atoms with Gasteiger partial charge in [0.05, 0.1) is 13.2 Å². The summed E-state index contributed by atoms with van der Waals surface area (Å²) >= 11 is 0. The van der Waals surface area contributed by atoms with Gasteiger partial charge in [0.25, 0.3) is 5.91 Å². The van der Waals surface area contributed by atoms with Crippen LogP contribution < -0.4 is 5.32 Å². The highest BCUT2D eigenvalue weighted by Gasteiger charge is 2.19. The van der Waals surface area contributed by atoms with Crippen molar-refractivity contribution < 1.29 is 14.3 Å². The number of pyridine rings is 1. The smallest absolute Gasteiger partial charge is 0.272 e. The van der Waals surface area contributed by atoms with Gasteiger partial charge in [-0.2, -0.15) is 0 Å². The highest BCUT2D eigenvalue weighted by Crippen LogP contribution is 2.10. The lowest BCUT2D eigenvalue weighted by atomic mass is 10.2. The van der Waals surface area contributed by atoms with Crippen LogP contribution in [0.15, 0.2) is 18.3 Å². The Morgan fingerprint density at radius 2 is 2.24 bits per heavy atom. The minimum atomic E-state index is -0.136. The van der Waals surface area contributed by atoms with Crippen LogP contribution in [0.5, 0.6) is 0 Å². The predicted octanol–water partition coefficient (Wildman–Crippen LogP) is 0.122. The summed E-state index contributed by atoms with van der Waals surface area (Å²) in [5.41, 5.74) is 0.894. The maximum Gasteiger partial charge on any atom is 0.272 e. The summed E-state index contributed by atoms with van der Waals surface area (Å²) < 4.78 is 5.18. The van der Waals surface area contributed by atoms with Gasteiger partial charge in [-0.25, -0.2) is 0 Å². The van der Waals surface area contributed by atoms with E-state index in [0.29, 0.717) is 44.1 Å². The van der Waals surface area contributed by atoms with Crippen LogP contribution in [0.3, 0.4) is 0 Å². The van der Waals surface area contributed by atoms with Gasteiger partial charge in [0.2, 0.25) is 6.41 Å². The molecule has 0 radical (unpaired) electrons. The molecule has 1 aromatic rings. The minimum Gasteiger partial charge on any atom is -0.378 e. The van der Waals surface area contributed by atoms with Gasteiger partial charge < -0.3 is 15.0 Å². The summed E-state index contributed by atoms with van der Waals surface area (Å²) in [6.45, 7) is 2.26. The number of nitrogens with zero attached hydrogens (tertiary/aromatic N) is 2. The molecule has 2 amide bonds. The van der Waals surface area contributed by atoms with E-state index in [0.717, 1.165) is 0 Å². The molecule has 90 valence electrons. The Labute approximate surface area is 98.6 Å². The average molecular weight is 235 g/mol. The number of ether oxygens (including phenoxy) is 1. The Kier molecular flexibility index (Phi) is 3.66. The van der Waals surface area contributed by atoms with E-state index in [9.17, 15) is 9.59 Å². The monoisotopic (exact) mass is 235 g/mol. The van der Waals surface area contributed by atoms with Crippen LogP contribution in [0.2, 0.25) is 0 Å². The third-order valence-corrected chi connectivity index (χ3v) is 2.50. The topological polar surface area (TPSA) is 71.5 Å². The first-order valence-corrected chi connectivity index (χ1v) is 5.34. The van der Waals surface area contributed by atoms with E-state index in [1.807, 2.05) is 0 Å². The fourth-order valence-electron chi connectivity index (χ4n) is 1.63. The molecule has 6 nitrogen and oxygen atoms in total. The van der Waals surface area contributed by atoms with Gasteiger partial charge in [-0.3, -0.25) is 14.6 Å². The molecule has 0 aromatic carbocycles. The van der Waals surface area contributed by atoms with E-state index in [2.05, 4.69) is 10.3 Å². The van der Waals surface area contributed by atoms with Crippen molar-refractivity contribution in [3.05, 3.63) is 24.0 Å². The number of morpholine rings is 1. The number of anilines is 1. The highest BCUT2D eigenvalue weighted by atomic mass is 16.5. The third-order valence-electron chi connectivity index (χ3n) is 2.50. The molecule has 1 saturated heterocycles. The lowest BCUT2D eigenvalue weighted by Crippen LogP contribution is -2.41. The largest absolute Gasteiger partial charge is 0.378 e. The maximum atomic E-state index is 12.0. The van der Waals surface area contributed by atoms with Crippen LogP contribution in [0.1, 0.15) is 10.5 Å². The molecule has 0 bridgehead atoms. The quantitative estimate of drug-likeness (QED) is 0.755. The predicted molar refractivity (Wildman–Crippen MR) is 60.6 cm³/mol. The first kappa shape index (κ1) is 11.5. The number of hydrogen-bond donors (Lipinski definition) is 1. The van der Waals surface area contributed by atoms with Gasteiger partial charge in [-0.15, -0.1) is 0 Å². The van der Waals surface area contributed by atoms with E-state index in [1.54, 1.807) is 17.0 Å². The van der Waals surface area contributed by atoms with Gasteiger partial charge in [0.1, 0.15) is 5.69 Å². The average Bonchev–Trinajstić information content (AvgIpc) is 2.40. The van der Waals surface area contributed by atoms with Crippen molar-refractivity contribution in [3.8, 4) is 0 Å². The summed E-state index contributed by atoms with van der Waals surface area (Å²) in [6, 6.07) is 3.19. The number of carbonyl (C=O) groups excluding carboxylic acids is 2. The molecule has 0 saturated carbocycles. The zero-order valence-corrected chi connectivity index (χ0v) is 9.26. The number of carbonyl (C=O) groups is 2. The molecular formula is C11H13N3O3. The molecule has 1 aliphatic heterocycles. The first-order chi connectivity index (χ1) is 8.31. The second-order valence-electron chi connectivity index (χ2n) is 3.60. The molecular weight excluding hydrogens is 222 g/mol.